The van der Waals surface area contributed by atoms with E-state index in [1.54, 1.807) is 0 Å². The normalized spacial score (nSPS) is 10.3. The number of amides is 1. The van der Waals surface area contributed by atoms with E-state index in [0.717, 1.165) is 24.5 Å². The molecule has 112 valence electrons. The van der Waals surface area contributed by atoms with Crippen LogP contribution < -0.4 is 16.0 Å². The van der Waals surface area contributed by atoms with Crippen LogP contribution in [0.3, 0.4) is 0 Å². The number of nitrogens with zero attached hydrogens (tertiary/aromatic N) is 1. The van der Waals surface area contributed by atoms with Crippen molar-refractivity contribution in [3.05, 3.63) is 48.8 Å². The van der Waals surface area contributed by atoms with Gasteiger partial charge in [-0.15, -0.1) is 0 Å². The molecule has 0 aliphatic carbocycles. The maximum absolute atomic E-state index is 11.6. The molecule has 1 heterocycles. The summed E-state index contributed by atoms with van der Waals surface area (Å²) in [4.78, 5) is 11.6. The number of carbonyl (C=O) groups is 1. The summed E-state index contributed by atoms with van der Waals surface area (Å²) >= 11 is 0. The number of anilines is 1. The molecule has 0 unspecified atom stereocenters. The molecule has 1 amide bonds. The Kier molecular flexibility index (Phi) is 5.84. The van der Waals surface area contributed by atoms with Gasteiger partial charge >= 0.3 is 0 Å². The third-order valence-corrected chi connectivity index (χ3v) is 3.10. The molecule has 0 bridgehead atoms. The second-order valence-corrected chi connectivity index (χ2v) is 4.69. The highest BCUT2D eigenvalue weighted by Gasteiger charge is 2.00. The van der Waals surface area contributed by atoms with Gasteiger partial charge < -0.3 is 20.5 Å². The fourth-order valence-electron chi connectivity index (χ4n) is 1.97. The monoisotopic (exact) mass is 286 g/mol. The van der Waals surface area contributed by atoms with E-state index in [4.69, 9.17) is 0 Å². The lowest BCUT2D eigenvalue weighted by molar-refractivity contribution is -0.119. The van der Waals surface area contributed by atoms with Gasteiger partial charge in [-0.2, -0.15) is 0 Å². The summed E-state index contributed by atoms with van der Waals surface area (Å²) < 4.78 is 2.04. The Morgan fingerprint density at radius 3 is 2.48 bits per heavy atom. The lowest BCUT2D eigenvalue weighted by Crippen LogP contribution is -2.35. The van der Waals surface area contributed by atoms with E-state index >= 15 is 0 Å². The second-order valence-electron chi connectivity index (χ2n) is 4.69. The Bertz CT molecular complexity index is 534. The summed E-state index contributed by atoms with van der Waals surface area (Å²) in [5.74, 6) is 0.00221. The number of rotatable bonds is 8. The number of likely N-dealkylation sites (N-methyl/N-ethyl adjacent to an activating group) is 1. The molecule has 0 radical (unpaired) electrons. The number of aromatic nitrogens is 1. The van der Waals surface area contributed by atoms with Crippen LogP contribution in [0.1, 0.15) is 6.92 Å². The Hall–Kier alpha value is -2.27. The van der Waals surface area contributed by atoms with E-state index in [9.17, 15) is 4.79 Å². The fraction of sp³-hybridized carbons (Fsp3) is 0.312. The van der Waals surface area contributed by atoms with Crippen molar-refractivity contribution < 1.29 is 4.79 Å². The van der Waals surface area contributed by atoms with Crippen molar-refractivity contribution in [1.82, 2.24) is 15.2 Å². The number of benzene rings is 1. The smallest absolute Gasteiger partial charge is 0.239 e. The molecule has 5 nitrogen and oxygen atoms in total. The van der Waals surface area contributed by atoms with Crippen molar-refractivity contribution in [3.63, 3.8) is 0 Å². The summed E-state index contributed by atoms with van der Waals surface area (Å²) in [6.45, 7) is 4.70. The molecule has 0 atom stereocenters. The maximum atomic E-state index is 11.6. The Labute approximate surface area is 125 Å². The molecule has 1 aromatic carbocycles. The van der Waals surface area contributed by atoms with Gasteiger partial charge in [0.25, 0.3) is 0 Å². The molecule has 0 saturated carbocycles. The molecule has 3 N–H and O–H groups in total. The zero-order valence-electron chi connectivity index (χ0n) is 12.3. The topological polar surface area (TPSA) is 58.1 Å². The largest absolute Gasteiger partial charge is 0.376 e. The van der Waals surface area contributed by atoms with Gasteiger partial charge in [0.1, 0.15) is 0 Å². The molecule has 2 rings (SSSR count). The van der Waals surface area contributed by atoms with Crippen molar-refractivity contribution in [3.8, 4) is 5.69 Å². The van der Waals surface area contributed by atoms with E-state index in [0.29, 0.717) is 6.54 Å². The maximum Gasteiger partial charge on any atom is 0.239 e. The molecule has 0 aliphatic rings. The SMILES string of the molecule is CCNCCNC(=O)CNc1ccc(-n2cccc2)cc1. The molecule has 0 aliphatic heterocycles. The van der Waals surface area contributed by atoms with Crippen LogP contribution in [0, 0.1) is 0 Å². The van der Waals surface area contributed by atoms with Gasteiger partial charge in [0, 0.05) is 36.9 Å². The van der Waals surface area contributed by atoms with Crippen LogP contribution in [0.2, 0.25) is 0 Å². The summed E-state index contributed by atoms with van der Waals surface area (Å²) in [6.07, 6.45) is 4.00. The summed E-state index contributed by atoms with van der Waals surface area (Å²) in [7, 11) is 0. The minimum atomic E-state index is 0.00221. The minimum absolute atomic E-state index is 0.00221. The highest BCUT2D eigenvalue weighted by Crippen LogP contribution is 2.13. The Morgan fingerprint density at radius 1 is 1.10 bits per heavy atom. The first-order valence-corrected chi connectivity index (χ1v) is 7.24. The lowest BCUT2D eigenvalue weighted by Gasteiger charge is -2.09. The van der Waals surface area contributed by atoms with Crippen LogP contribution in [-0.4, -0.2) is 36.7 Å². The van der Waals surface area contributed by atoms with E-state index in [2.05, 4.69) is 16.0 Å². The average Bonchev–Trinajstić information content (AvgIpc) is 3.04. The van der Waals surface area contributed by atoms with Gasteiger partial charge in [0.05, 0.1) is 6.54 Å². The van der Waals surface area contributed by atoms with E-state index in [1.807, 2.05) is 60.3 Å². The van der Waals surface area contributed by atoms with Gasteiger partial charge in [-0.1, -0.05) is 6.92 Å². The van der Waals surface area contributed by atoms with Crippen LogP contribution in [0.5, 0.6) is 0 Å². The zero-order valence-corrected chi connectivity index (χ0v) is 12.3. The van der Waals surface area contributed by atoms with E-state index in [1.165, 1.54) is 0 Å². The van der Waals surface area contributed by atoms with E-state index < -0.39 is 0 Å². The van der Waals surface area contributed by atoms with Crippen LogP contribution in [0.15, 0.2) is 48.8 Å². The van der Waals surface area contributed by atoms with Crippen molar-refractivity contribution in [1.29, 1.82) is 0 Å². The first-order valence-electron chi connectivity index (χ1n) is 7.24. The highest BCUT2D eigenvalue weighted by atomic mass is 16.1. The Balaban J connectivity index is 1.75. The standard InChI is InChI=1S/C16H22N4O/c1-2-17-9-10-18-16(21)13-19-14-5-7-15(8-6-14)20-11-3-4-12-20/h3-8,11-12,17,19H,2,9-10,13H2,1H3,(H,18,21). The third kappa shape index (κ3) is 4.96. The molecule has 21 heavy (non-hydrogen) atoms. The highest BCUT2D eigenvalue weighted by molar-refractivity contribution is 5.80. The first kappa shape index (κ1) is 15.1. The third-order valence-electron chi connectivity index (χ3n) is 3.10. The molecule has 0 saturated heterocycles. The second kappa shape index (κ2) is 8.11. The van der Waals surface area contributed by atoms with E-state index in [-0.39, 0.29) is 12.5 Å². The van der Waals surface area contributed by atoms with Crippen molar-refractivity contribution in [2.75, 3.05) is 31.5 Å². The molecule has 2 aromatic rings. The molecule has 0 spiro atoms. The van der Waals surface area contributed by atoms with Crippen LogP contribution in [0.25, 0.3) is 5.69 Å². The van der Waals surface area contributed by atoms with Crippen molar-refractivity contribution >= 4 is 11.6 Å². The van der Waals surface area contributed by atoms with Crippen LogP contribution in [-0.2, 0) is 4.79 Å². The number of hydrogen-bond acceptors (Lipinski definition) is 3. The van der Waals surface area contributed by atoms with Crippen LogP contribution >= 0.6 is 0 Å². The predicted molar refractivity (Wildman–Crippen MR) is 85.8 cm³/mol. The van der Waals surface area contributed by atoms with Crippen LogP contribution in [0.4, 0.5) is 5.69 Å². The van der Waals surface area contributed by atoms with Gasteiger partial charge in [-0.05, 0) is 42.9 Å². The minimum Gasteiger partial charge on any atom is -0.376 e. The van der Waals surface area contributed by atoms with Gasteiger partial charge in [0.15, 0.2) is 0 Å². The predicted octanol–water partition coefficient (Wildman–Crippen LogP) is 1.61. The van der Waals surface area contributed by atoms with Crippen molar-refractivity contribution in [2.45, 2.75) is 6.92 Å². The number of nitrogens with one attached hydrogen (secondary N) is 3. The number of hydrogen-bond donors (Lipinski definition) is 3. The molecular weight excluding hydrogens is 264 g/mol. The van der Waals surface area contributed by atoms with Crippen molar-refractivity contribution in [2.24, 2.45) is 0 Å². The molecule has 5 heteroatoms. The van der Waals surface area contributed by atoms with Gasteiger partial charge in [0.2, 0.25) is 5.91 Å². The Morgan fingerprint density at radius 2 is 1.81 bits per heavy atom. The molecular formula is C16H22N4O. The van der Waals surface area contributed by atoms with Gasteiger partial charge in [-0.25, -0.2) is 0 Å². The summed E-state index contributed by atoms with van der Waals surface area (Å²) in [6, 6.07) is 12.0. The zero-order chi connectivity index (χ0) is 14.9. The fourth-order valence-corrected chi connectivity index (χ4v) is 1.97. The molecule has 0 fully saturated rings. The summed E-state index contributed by atoms with van der Waals surface area (Å²) in [5, 5.41) is 9.13. The average molecular weight is 286 g/mol. The molecule has 1 aromatic heterocycles. The lowest BCUT2D eigenvalue weighted by atomic mass is 10.2. The first-order chi connectivity index (χ1) is 10.3. The van der Waals surface area contributed by atoms with Gasteiger partial charge in [-0.3, -0.25) is 4.79 Å². The number of carbonyl (C=O) groups excluding carboxylic acids is 1. The quantitative estimate of drug-likeness (QED) is 0.646. The summed E-state index contributed by atoms with van der Waals surface area (Å²) in [5.41, 5.74) is 2.04.